The molecule has 6 heteroatoms. The van der Waals surface area contributed by atoms with Crippen molar-refractivity contribution < 1.29 is 19.1 Å². The highest BCUT2D eigenvalue weighted by Crippen LogP contribution is 2.37. The molecule has 0 amide bonds. The third-order valence-electron chi connectivity index (χ3n) is 5.03. The Kier molecular flexibility index (Phi) is 6.32. The van der Waals surface area contributed by atoms with Gasteiger partial charge < -0.3 is 15.8 Å². The van der Waals surface area contributed by atoms with E-state index in [2.05, 4.69) is 12.2 Å². The number of esters is 1. The van der Waals surface area contributed by atoms with Crippen LogP contribution >= 0.6 is 0 Å². The maximum Gasteiger partial charge on any atom is 0.340 e. The van der Waals surface area contributed by atoms with Crippen LogP contribution in [0.5, 0.6) is 0 Å². The Morgan fingerprint density at radius 1 is 1.00 bits per heavy atom. The lowest BCUT2D eigenvalue weighted by Crippen LogP contribution is -2.26. The smallest absolute Gasteiger partial charge is 0.340 e. The first kappa shape index (κ1) is 20.6. The fraction of sp³-hybridized carbons (Fsp3) is 0.348. The molecular weight excluding hydrogens is 368 g/mol. The predicted molar refractivity (Wildman–Crippen MR) is 113 cm³/mol. The standard InChI is InChI=1S/C23H26N2O4/c1-3-5-11-25-17-13-16(23(28)29-12-6-4-2)20(24)19-18(17)21(26)14-9-7-8-10-15(14)22(19)27/h7-10,13,25H,3-6,11-12,24H2,1-2H3. The maximum atomic E-state index is 13.2. The second kappa shape index (κ2) is 8.90. The van der Waals surface area contributed by atoms with Crippen LogP contribution in [-0.4, -0.2) is 30.7 Å². The zero-order chi connectivity index (χ0) is 21.0. The fourth-order valence-corrected chi connectivity index (χ4v) is 3.41. The molecule has 0 aliphatic heterocycles. The van der Waals surface area contributed by atoms with Crippen molar-refractivity contribution in [3.8, 4) is 0 Å². The van der Waals surface area contributed by atoms with E-state index in [-0.39, 0.29) is 40.6 Å². The minimum Gasteiger partial charge on any atom is -0.462 e. The molecule has 6 nitrogen and oxygen atoms in total. The molecule has 0 unspecified atom stereocenters. The summed E-state index contributed by atoms with van der Waals surface area (Å²) < 4.78 is 5.31. The molecule has 0 aromatic heterocycles. The lowest BCUT2D eigenvalue weighted by atomic mass is 9.81. The van der Waals surface area contributed by atoms with Crippen LogP contribution in [0.25, 0.3) is 0 Å². The SMILES string of the molecule is CCCCNc1cc(C(=O)OCCCC)c(N)c2c1C(=O)c1ccccc1C2=O. The van der Waals surface area contributed by atoms with E-state index in [0.717, 1.165) is 25.7 Å². The number of benzene rings is 2. The summed E-state index contributed by atoms with van der Waals surface area (Å²) in [7, 11) is 0. The van der Waals surface area contributed by atoms with Gasteiger partial charge in [0, 0.05) is 23.4 Å². The van der Waals surface area contributed by atoms with Crippen molar-refractivity contribution >= 4 is 28.9 Å². The van der Waals surface area contributed by atoms with E-state index in [1.54, 1.807) is 24.3 Å². The zero-order valence-corrected chi connectivity index (χ0v) is 16.8. The van der Waals surface area contributed by atoms with Crippen molar-refractivity contribution in [2.45, 2.75) is 39.5 Å². The molecular formula is C23H26N2O4. The minimum atomic E-state index is -0.587. The van der Waals surface area contributed by atoms with Crippen LogP contribution < -0.4 is 11.1 Å². The lowest BCUT2D eigenvalue weighted by Gasteiger charge is -2.24. The van der Waals surface area contributed by atoms with E-state index >= 15 is 0 Å². The number of carbonyl (C=O) groups excluding carboxylic acids is 3. The van der Waals surface area contributed by atoms with Gasteiger partial charge in [-0.2, -0.15) is 0 Å². The molecule has 0 radical (unpaired) electrons. The summed E-state index contributed by atoms with van der Waals surface area (Å²) in [4.78, 5) is 39.0. The Balaban J connectivity index is 2.13. The van der Waals surface area contributed by atoms with Gasteiger partial charge in [0.2, 0.25) is 0 Å². The van der Waals surface area contributed by atoms with Gasteiger partial charge in [0.25, 0.3) is 0 Å². The van der Waals surface area contributed by atoms with Gasteiger partial charge in [0.05, 0.1) is 29.0 Å². The van der Waals surface area contributed by atoms with E-state index < -0.39 is 5.97 Å². The van der Waals surface area contributed by atoms with E-state index in [1.807, 2.05) is 6.92 Å². The number of rotatable bonds is 8. The second-order valence-corrected chi connectivity index (χ2v) is 7.11. The van der Waals surface area contributed by atoms with Crippen LogP contribution in [0.2, 0.25) is 0 Å². The number of anilines is 2. The number of nitrogen functional groups attached to an aromatic ring is 1. The maximum absolute atomic E-state index is 13.2. The Hall–Kier alpha value is -3.15. The largest absolute Gasteiger partial charge is 0.462 e. The first-order valence-electron chi connectivity index (χ1n) is 10.1. The average molecular weight is 394 g/mol. The van der Waals surface area contributed by atoms with E-state index in [9.17, 15) is 14.4 Å². The van der Waals surface area contributed by atoms with Gasteiger partial charge in [-0.3, -0.25) is 9.59 Å². The molecule has 3 N–H and O–H groups in total. The number of hydrogen-bond acceptors (Lipinski definition) is 6. The number of carbonyl (C=O) groups is 3. The summed E-state index contributed by atoms with van der Waals surface area (Å²) in [5, 5.41) is 3.21. The highest BCUT2D eigenvalue weighted by Gasteiger charge is 2.35. The number of hydrogen-bond donors (Lipinski definition) is 2. The number of ketones is 2. The molecule has 1 aliphatic carbocycles. The Labute approximate surface area is 170 Å². The second-order valence-electron chi connectivity index (χ2n) is 7.11. The van der Waals surface area contributed by atoms with Crippen LogP contribution in [0.3, 0.4) is 0 Å². The Morgan fingerprint density at radius 3 is 2.24 bits per heavy atom. The predicted octanol–water partition coefficient (Wildman–Crippen LogP) is 4.21. The molecule has 0 saturated heterocycles. The van der Waals surface area contributed by atoms with Crippen molar-refractivity contribution in [1.82, 2.24) is 0 Å². The van der Waals surface area contributed by atoms with Crippen molar-refractivity contribution in [3.63, 3.8) is 0 Å². The first-order chi connectivity index (χ1) is 14.0. The summed E-state index contributed by atoms with van der Waals surface area (Å²) in [6.45, 7) is 4.95. The average Bonchev–Trinajstić information content (AvgIpc) is 2.73. The van der Waals surface area contributed by atoms with E-state index in [1.165, 1.54) is 6.07 Å². The van der Waals surface area contributed by atoms with Gasteiger partial charge in [0.1, 0.15) is 0 Å². The molecule has 0 heterocycles. The molecule has 2 aromatic carbocycles. The van der Waals surface area contributed by atoms with Gasteiger partial charge in [-0.25, -0.2) is 4.79 Å². The summed E-state index contributed by atoms with van der Waals surface area (Å²) in [6, 6.07) is 8.21. The number of nitrogens with one attached hydrogen (secondary N) is 1. The molecule has 152 valence electrons. The van der Waals surface area contributed by atoms with Crippen molar-refractivity contribution in [1.29, 1.82) is 0 Å². The third kappa shape index (κ3) is 3.88. The minimum absolute atomic E-state index is 0.00427. The zero-order valence-electron chi connectivity index (χ0n) is 16.8. The molecule has 0 fully saturated rings. The van der Waals surface area contributed by atoms with Gasteiger partial charge in [-0.15, -0.1) is 0 Å². The van der Waals surface area contributed by atoms with Crippen LogP contribution in [-0.2, 0) is 4.74 Å². The Bertz CT molecular complexity index is 966. The third-order valence-corrected chi connectivity index (χ3v) is 5.03. The summed E-state index contributed by atoms with van der Waals surface area (Å²) in [5.74, 6) is -1.21. The van der Waals surface area contributed by atoms with Crippen molar-refractivity contribution in [3.05, 3.63) is 58.1 Å². The molecule has 1 aliphatic rings. The fourth-order valence-electron chi connectivity index (χ4n) is 3.41. The number of nitrogens with two attached hydrogens (primary N) is 1. The highest BCUT2D eigenvalue weighted by atomic mass is 16.5. The summed E-state index contributed by atoms with van der Waals surface area (Å²) in [6.07, 6.45) is 3.48. The van der Waals surface area contributed by atoms with Gasteiger partial charge in [-0.05, 0) is 18.9 Å². The molecule has 3 rings (SSSR count). The van der Waals surface area contributed by atoms with Crippen LogP contribution in [0.15, 0.2) is 30.3 Å². The number of fused-ring (bicyclic) bond motifs is 2. The topological polar surface area (TPSA) is 98.5 Å². The van der Waals surface area contributed by atoms with Crippen molar-refractivity contribution in [2.75, 3.05) is 24.2 Å². The summed E-state index contributed by atoms with van der Waals surface area (Å²) >= 11 is 0. The molecule has 29 heavy (non-hydrogen) atoms. The number of ether oxygens (including phenoxy) is 1. The quantitative estimate of drug-likeness (QED) is 0.337. The van der Waals surface area contributed by atoms with Crippen molar-refractivity contribution in [2.24, 2.45) is 0 Å². The van der Waals surface area contributed by atoms with Crippen LogP contribution in [0, 0.1) is 0 Å². The molecule has 2 aromatic rings. The first-order valence-corrected chi connectivity index (χ1v) is 10.1. The van der Waals surface area contributed by atoms with Crippen LogP contribution in [0.1, 0.15) is 81.7 Å². The molecule has 0 bridgehead atoms. The normalized spacial score (nSPS) is 12.3. The molecule has 0 saturated carbocycles. The van der Waals surface area contributed by atoms with Gasteiger partial charge >= 0.3 is 5.97 Å². The van der Waals surface area contributed by atoms with E-state index in [4.69, 9.17) is 10.5 Å². The summed E-state index contributed by atoms with van der Waals surface area (Å²) in [5.41, 5.74) is 7.75. The molecule has 0 atom stereocenters. The number of unbranched alkanes of at least 4 members (excludes halogenated alkanes) is 2. The highest BCUT2D eigenvalue weighted by molar-refractivity contribution is 6.32. The van der Waals surface area contributed by atoms with Gasteiger partial charge in [-0.1, -0.05) is 51.0 Å². The lowest BCUT2D eigenvalue weighted by molar-refractivity contribution is 0.0500. The molecule has 0 spiro atoms. The Morgan fingerprint density at radius 2 is 1.62 bits per heavy atom. The van der Waals surface area contributed by atoms with E-state index in [0.29, 0.717) is 23.4 Å². The monoisotopic (exact) mass is 394 g/mol. The van der Waals surface area contributed by atoms with Gasteiger partial charge in [0.15, 0.2) is 11.6 Å². The van der Waals surface area contributed by atoms with Crippen LogP contribution in [0.4, 0.5) is 11.4 Å².